The van der Waals surface area contributed by atoms with E-state index in [4.69, 9.17) is 5.84 Å². The molecule has 0 aliphatic carbocycles. The molecule has 1 heterocycles. The van der Waals surface area contributed by atoms with Crippen LogP contribution in [-0.4, -0.2) is 39.6 Å². The number of rotatable bonds is 5. The number of methoxy groups -OCH3 is 1. The molecule has 2 aromatic rings. The number of aryl methyl sites for hydroxylation is 1. The minimum absolute atomic E-state index is 0.248. The molecule has 0 spiro atoms. The summed E-state index contributed by atoms with van der Waals surface area (Å²) in [5.41, 5.74) is 1.32. The number of nitrogens with zero attached hydrogens (tertiary/aromatic N) is 3. The molecule has 0 radical (unpaired) electrons. The Balaban J connectivity index is 2.04. The molecular weight excluding hydrogens is 375 g/mol. The van der Waals surface area contributed by atoms with Crippen molar-refractivity contribution in [3.05, 3.63) is 35.2 Å². The van der Waals surface area contributed by atoms with Gasteiger partial charge in [-0.05, 0) is 24.6 Å². The van der Waals surface area contributed by atoms with Crippen LogP contribution < -0.4 is 11.2 Å². The fourth-order valence-corrected chi connectivity index (χ4v) is 2.54. The summed E-state index contributed by atoms with van der Waals surface area (Å²) in [5.74, 6) is 2.59. The van der Waals surface area contributed by atoms with Gasteiger partial charge in [-0.15, -0.1) is 10.2 Å². The molecular formula is C14H14F3N5O3S. The summed E-state index contributed by atoms with van der Waals surface area (Å²) in [4.78, 5) is 23.6. The zero-order valence-corrected chi connectivity index (χ0v) is 14.4. The lowest BCUT2D eigenvalue weighted by Crippen LogP contribution is -2.22. The van der Waals surface area contributed by atoms with Crippen molar-refractivity contribution in [3.63, 3.8) is 0 Å². The third-order valence-electron chi connectivity index (χ3n) is 3.18. The van der Waals surface area contributed by atoms with Crippen LogP contribution in [0.5, 0.6) is 0 Å². The Bertz CT molecular complexity index is 838. The summed E-state index contributed by atoms with van der Waals surface area (Å²) < 4.78 is 42.7. The summed E-state index contributed by atoms with van der Waals surface area (Å²) in [6, 6.07) is 4.61. The number of alkyl halides is 3. The van der Waals surface area contributed by atoms with Gasteiger partial charge in [0.2, 0.25) is 11.1 Å². The van der Waals surface area contributed by atoms with Gasteiger partial charge in [0.05, 0.1) is 18.4 Å². The quantitative estimate of drug-likeness (QED) is 0.456. The van der Waals surface area contributed by atoms with E-state index in [0.29, 0.717) is 23.0 Å². The first-order chi connectivity index (χ1) is 12.1. The van der Waals surface area contributed by atoms with E-state index < -0.39 is 23.9 Å². The lowest BCUT2D eigenvalue weighted by atomic mass is 10.1. The number of carbonyl (C=O) groups is 2. The average Bonchev–Trinajstić information content (AvgIpc) is 2.95. The van der Waals surface area contributed by atoms with Crippen molar-refractivity contribution < 1.29 is 27.5 Å². The highest BCUT2D eigenvalue weighted by Gasteiger charge is 2.38. The highest BCUT2D eigenvalue weighted by Crippen LogP contribution is 2.29. The van der Waals surface area contributed by atoms with Gasteiger partial charge in [-0.3, -0.25) is 4.79 Å². The number of halogens is 3. The van der Waals surface area contributed by atoms with E-state index >= 15 is 0 Å². The Hall–Kier alpha value is -2.76. The van der Waals surface area contributed by atoms with Crippen LogP contribution in [0.3, 0.4) is 0 Å². The van der Waals surface area contributed by atoms with Gasteiger partial charge in [-0.2, -0.15) is 13.2 Å². The molecule has 8 nitrogen and oxygen atoms in total. The zero-order chi connectivity index (χ0) is 19.5. The molecule has 0 aliphatic heterocycles. The number of benzene rings is 1. The van der Waals surface area contributed by atoms with Crippen molar-refractivity contribution in [3.8, 4) is 0 Å². The highest BCUT2D eigenvalue weighted by molar-refractivity contribution is 7.99. The predicted octanol–water partition coefficient (Wildman–Crippen LogP) is 1.84. The summed E-state index contributed by atoms with van der Waals surface area (Å²) in [6.07, 6.45) is -4.74. The zero-order valence-electron chi connectivity index (χ0n) is 13.6. The number of hydrogen-bond donors (Lipinski definition) is 2. The van der Waals surface area contributed by atoms with Crippen LogP contribution in [0, 0.1) is 6.92 Å². The first-order valence-corrected chi connectivity index (χ1v) is 8.01. The summed E-state index contributed by atoms with van der Waals surface area (Å²) in [7, 11) is 1.23. The number of esters is 1. The van der Waals surface area contributed by atoms with Crippen LogP contribution in [0.2, 0.25) is 0 Å². The van der Waals surface area contributed by atoms with Gasteiger partial charge in [0.1, 0.15) is 0 Å². The van der Waals surface area contributed by atoms with Gasteiger partial charge in [0.25, 0.3) is 5.82 Å². The summed E-state index contributed by atoms with van der Waals surface area (Å²) >= 11 is 0.693. The molecule has 0 saturated heterocycles. The lowest BCUT2D eigenvalue weighted by Gasteiger charge is -2.10. The molecule has 0 saturated carbocycles. The summed E-state index contributed by atoms with van der Waals surface area (Å²) in [6.45, 7) is 1.72. The van der Waals surface area contributed by atoms with Crippen molar-refractivity contribution in [1.29, 1.82) is 0 Å². The van der Waals surface area contributed by atoms with Crippen LogP contribution in [0.1, 0.15) is 21.7 Å². The Morgan fingerprint density at radius 3 is 2.62 bits per heavy atom. The number of thioether (sulfide) groups is 1. The molecule has 0 aliphatic rings. The number of nitrogens with one attached hydrogen (secondary N) is 1. The standard InChI is InChI=1S/C14H14F3N5O3S/c1-7-3-4-8(11(24)25-2)5-9(7)19-10(23)6-26-13-21-20-12(22(13)18)14(15,16)17/h3-5H,6,18H2,1-2H3,(H,19,23). The number of hydrogen-bond acceptors (Lipinski definition) is 7. The lowest BCUT2D eigenvalue weighted by molar-refractivity contribution is -0.146. The molecule has 3 N–H and O–H groups in total. The first kappa shape index (κ1) is 19.6. The number of anilines is 1. The number of nitrogens with two attached hydrogens (primary N) is 1. The van der Waals surface area contributed by atoms with E-state index in [1.54, 1.807) is 19.1 Å². The fourth-order valence-electron chi connectivity index (χ4n) is 1.89. The minimum Gasteiger partial charge on any atom is -0.465 e. The molecule has 1 amide bonds. The largest absolute Gasteiger partial charge is 0.465 e. The molecule has 26 heavy (non-hydrogen) atoms. The van der Waals surface area contributed by atoms with E-state index in [-0.39, 0.29) is 21.1 Å². The third-order valence-corrected chi connectivity index (χ3v) is 4.13. The molecule has 0 unspecified atom stereocenters. The first-order valence-electron chi connectivity index (χ1n) is 7.02. The van der Waals surface area contributed by atoms with Crippen LogP contribution in [0.4, 0.5) is 18.9 Å². The Morgan fingerprint density at radius 1 is 1.35 bits per heavy atom. The molecule has 0 bridgehead atoms. The van der Waals surface area contributed by atoms with E-state index in [1.807, 2.05) is 0 Å². The average molecular weight is 389 g/mol. The van der Waals surface area contributed by atoms with Gasteiger partial charge in [-0.1, -0.05) is 17.8 Å². The monoisotopic (exact) mass is 389 g/mol. The highest BCUT2D eigenvalue weighted by atomic mass is 32.2. The van der Waals surface area contributed by atoms with Crippen LogP contribution >= 0.6 is 11.8 Å². The minimum atomic E-state index is -4.74. The SMILES string of the molecule is COC(=O)c1ccc(C)c(NC(=O)CSc2nnc(C(F)(F)F)n2N)c1. The van der Waals surface area contributed by atoms with Crippen LogP contribution in [-0.2, 0) is 15.7 Å². The smallest absolute Gasteiger partial charge is 0.453 e. The Morgan fingerprint density at radius 2 is 2.04 bits per heavy atom. The molecule has 140 valence electrons. The number of carbonyl (C=O) groups excluding carboxylic acids is 2. The molecule has 1 aromatic heterocycles. The second-order valence-corrected chi connectivity index (χ2v) is 5.97. The van der Waals surface area contributed by atoms with E-state index in [2.05, 4.69) is 20.3 Å². The Labute approximate surface area is 149 Å². The van der Waals surface area contributed by atoms with E-state index in [0.717, 1.165) is 0 Å². The van der Waals surface area contributed by atoms with Gasteiger partial charge in [-0.25, -0.2) is 9.47 Å². The molecule has 2 rings (SSSR count). The topological polar surface area (TPSA) is 112 Å². The van der Waals surface area contributed by atoms with Crippen molar-refractivity contribution in [2.24, 2.45) is 0 Å². The maximum absolute atomic E-state index is 12.6. The van der Waals surface area contributed by atoms with E-state index in [9.17, 15) is 22.8 Å². The second-order valence-electron chi connectivity index (χ2n) is 5.03. The maximum atomic E-state index is 12.6. The van der Waals surface area contributed by atoms with Crippen LogP contribution in [0.15, 0.2) is 23.4 Å². The molecule has 1 aromatic carbocycles. The third kappa shape index (κ3) is 4.45. The van der Waals surface area contributed by atoms with Gasteiger partial charge in [0.15, 0.2) is 0 Å². The van der Waals surface area contributed by atoms with Gasteiger partial charge in [0, 0.05) is 5.69 Å². The van der Waals surface area contributed by atoms with Crippen molar-refractivity contribution >= 4 is 29.3 Å². The molecule has 12 heteroatoms. The maximum Gasteiger partial charge on any atom is 0.453 e. The van der Waals surface area contributed by atoms with Gasteiger partial charge < -0.3 is 15.9 Å². The Kier molecular flexibility index (Phi) is 5.75. The number of amides is 1. The normalized spacial score (nSPS) is 11.3. The van der Waals surface area contributed by atoms with Crippen LogP contribution in [0.25, 0.3) is 0 Å². The molecule has 0 atom stereocenters. The number of ether oxygens (including phenoxy) is 1. The van der Waals surface area contributed by atoms with Crippen molar-refractivity contribution in [2.45, 2.75) is 18.3 Å². The predicted molar refractivity (Wildman–Crippen MR) is 87.0 cm³/mol. The van der Waals surface area contributed by atoms with Crippen molar-refractivity contribution in [2.75, 3.05) is 24.0 Å². The van der Waals surface area contributed by atoms with Gasteiger partial charge >= 0.3 is 12.1 Å². The fraction of sp³-hybridized carbons (Fsp3) is 0.286. The number of nitrogen functional groups attached to an aromatic ring is 1. The second kappa shape index (κ2) is 7.64. The van der Waals surface area contributed by atoms with E-state index in [1.165, 1.54) is 13.2 Å². The number of aromatic nitrogens is 3. The molecule has 0 fully saturated rings. The summed E-state index contributed by atoms with van der Waals surface area (Å²) in [5, 5.41) is 8.59. The van der Waals surface area contributed by atoms with Crippen molar-refractivity contribution in [1.82, 2.24) is 14.9 Å².